The van der Waals surface area contributed by atoms with E-state index in [2.05, 4.69) is 5.32 Å². The number of hydrogen-bond donors (Lipinski definition) is 1. The fraction of sp³-hybridized carbons (Fsp3) is 0.353. The number of anilines is 1. The molecule has 2 heterocycles. The van der Waals surface area contributed by atoms with Crippen LogP contribution in [0.1, 0.15) is 12.2 Å². The van der Waals surface area contributed by atoms with Gasteiger partial charge in [-0.05, 0) is 30.7 Å². The number of hydrogen-bond acceptors (Lipinski definition) is 5. The van der Waals surface area contributed by atoms with Gasteiger partial charge >= 0.3 is 0 Å². The molecular formula is C17H18F2N2O4S. The van der Waals surface area contributed by atoms with E-state index in [-0.39, 0.29) is 36.3 Å². The average molecular weight is 384 g/mol. The lowest BCUT2D eigenvalue weighted by atomic mass is 10.2. The number of nitrogens with zero attached hydrogens (tertiary/aromatic N) is 1. The van der Waals surface area contributed by atoms with Gasteiger partial charge in [0.25, 0.3) is 0 Å². The number of nitrogens with one attached hydrogen (secondary N) is 1. The highest BCUT2D eigenvalue weighted by molar-refractivity contribution is 7.91. The van der Waals surface area contributed by atoms with Crippen molar-refractivity contribution in [2.45, 2.75) is 19.0 Å². The van der Waals surface area contributed by atoms with Crippen LogP contribution in [0.3, 0.4) is 0 Å². The standard InChI is InChI=1S/C17H18F2N2O4S/c18-15-4-3-12(8-16(15)19)20-17(22)10-21(9-14-2-1-6-25-14)13-5-7-26(23,24)11-13/h1-4,6,8,13H,5,7,9-11H2,(H,20,22)/t13-/m0/s1. The molecule has 1 saturated heterocycles. The van der Waals surface area contributed by atoms with Crippen LogP contribution in [0, 0.1) is 11.6 Å². The van der Waals surface area contributed by atoms with E-state index < -0.39 is 27.4 Å². The Morgan fingerprint density at radius 3 is 2.69 bits per heavy atom. The fourth-order valence-corrected chi connectivity index (χ4v) is 4.70. The Balaban J connectivity index is 1.69. The molecule has 0 saturated carbocycles. The summed E-state index contributed by atoms with van der Waals surface area (Å²) >= 11 is 0. The number of sulfone groups is 1. The first-order chi connectivity index (χ1) is 12.3. The summed E-state index contributed by atoms with van der Waals surface area (Å²) in [6.07, 6.45) is 1.93. The summed E-state index contributed by atoms with van der Waals surface area (Å²) in [5, 5.41) is 2.50. The molecule has 1 atom stereocenters. The Morgan fingerprint density at radius 2 is 2.08 bits per heavy atom. The average Bonchev–Trinajstić information content (AvgIpc) is 3.19. The quantitative estimate of drug-likeness (QED) is 0.826. The molecule has 0 unspecified atom stereocenters. The summed E-state index contributed by atoms with van der Waals surface area (Å²) in [5.74, 6) is -1.85. The molecule has 1 N–H and O–H groups in total. The van der Waals surface area contributed by atoms with Crippen LogP contribution in [0.4, 0.5) is 14.5 Å². The van der Waals surface area contributed by atoms with E-state index in [1.54, 1.807) is 17.0 Å². The third-order valence-corrected chi connectivity index (χ3v) is 5.96. The van der Waals surface area contributed by atoms with Gasteiger partial charge in [0.1, 0.15) is 5.76 Å². The van der Waals surface area contributed by atoms with Crippen molar-refractivity contribution in [1.29, 1.82) is 0 Å². The molecule has 1 aliphatic rings. The van der Waals surface area contributed by atoms with Gasteiger partial charge < -0.3 is 9.73 Å². The van der Waals surface area contributed by atoms with Gasteiger partial charge in [-0.3, -0.25) is 9.69 Å². The molecule has 0 spiro atoms. The number of amides is 1. The van der Waals surface area contributed by atoms with Gasteiger partial charge in [-0.1, -0.05) is 0 Å². The van der Waals surface area contributed by atoms with E-state index in [1.165, 1.54) is 12.3 Å². The van der Waals surface area contributed by atoms with Gasteiger partial charge in [-0.25, -0.2) is 17.2 Å². The van der Waals surface area contributed by atoms with Gasteiger partial charge in [0, 0.05) is 17.8 Å². The van der Waals surface area contributed by atoms with Crippen LogP contribution in [0.15, 0.2) is 41.0 Å². The normalized spacial score (nSPS) is 19.0. The second-order valence-corrected chi connectivity index (χ2v) is 8.45. The predicted molar refractivity (Wildman–Crippen MR) is 91.2 cm³/mol. The Bertz CT molecular complexity index is 884. The lowest BCUT2D eigenvalue weighted by Crippen LogP contribution is -2.41. The minimum atomic E-state index is -3.12. The van der Waals surface area contributed by atoms with Crippen molar-refractivity contribution in [1.82, 2.24) is 4.90 Å². The first-order valence-electron chi connectivity index (χ1n) is 8.04. The molecule has 3 rings (SSSR count). The summed E-state index contributed by atoms with van der Waals surface area (Å²) in [4.78, 5) is 14.0. The zero-order valence-electron chi connectivity index (χ0n) is 13.8. The van der Waals surface area contributed by atoms with Crippen LogP contribution in [-0.2, 0) is 21.2 Å². The molecule has 0 bridgehead atoms. The minimum absolute atomic E-state index is 0.0217. The maximum atomic E-state index is 13.3. The topological polar surface area (TPSA) is 79.6 Å². The zero-order chi connectivity index (χ0) is 18.7. The maximum Gasteiger partial charge on any atom is 0.238 e. The molecule has 1 amide bonds. The van der Waals surface area contributed by atoms with Crippen LogP contribution in [0.5, 0.6) is 0 Å². The van der Waals surface area contributed by atoms with Gasteiger partial charge in [-0.2, -0.15) is 0 Å². The minimum Gasteiger partial charge on any atom is -0.468 e. The van der Waals surface area contributed by atoms with Crippen molar-refractivity contribution in [3.63, 3.8) is 0 Å². The van der Waals surface area contributed by atoms with Crippen LogP contribution < -0.4 is 5.32 Å². The van der Waals surface area contributed by atoms with Crippen LogP contribution >= 0.6 is 0 Å². The Labute approximate surface area is 149 Å². The van der Waals surface area contributed by atoms with Crippen LogP contribution in [0.25, 0.3) is 0 Å². The monoisotopic (exact) mass is 384 g/mol. The lowest BCUT2D eigenvalue weighted by molar-refractivity contribution is -0.118. The number of furan rings is 1. The number of rotatable bonds is 6. The SMILES string of the molecule is O=C(CN(Cc1ccco1)[C@H]1CCS(=O)(=O)C1)Nc1ccc(F)c(F)c1. The summed E-state index contributed by atoms with van der Waals surface area (Å²) in [7, 11) is -3.12. The highest BCUT2D eigenvalue weighted by atomic mass is 32.2. The first kappa shape index (κ1) is 18.5. The smallest absolute Gasteiger partial charge is 0.238 e. The maximum absolute atomic E-state index is 13.3. The molecule has 9 heteroatoms. The van der Waals surface area contributed by atoms with Crippen molar-refractivity contribution >= 4 is 21.4 Å². The zero-order valence-corrected chi connectivity index (χ0v) is 14.6. The molecule has 26 heavy (non-hydrogen) atoms. The number of carbonyl (C=O) groups is 1. The van der Waals surface area contributed by atoms with E-state index in [0.29, 0.717) is 12.2 Å². The number of carbonyl (C=O) groups excluding carboxylic acids is 1. The van der Waals surface area contributed by atoms with E-state index in [1.807, 2.05) is 0 Å². The Hall–Kier alpha value is -2.26. The molecule has 2 aromatic rings. The number of benzene rings is 1. The van der Waals surface area contributed by atoms with Gasteiger partial charge in [0.05, 0.1) is 30.9 Å². The van der Waals surface area contributed by atoms with Crippen molar-refractivity contribution in [3.05, 3.63) is 54.0 Å². The third-order valence-electron chi connectivity index (χ3n) is 4.21. The third kappa shape index (κ3) is 4.67. The highest BCUT2D eigenvalue weighted by Crippen LogP contribution is 2.20. The number of halogens is 2. The van der Waals surface area contributed by atoms with E-state index in [0.717, 1.165) is 12.1 Å². The largest absolute Gasteiger partial charge is 0.468 e. The van der Waals surface area contributed by atoms with Crippen molar-refractivity contribution in [3.8, 4) is 0 Å². The van der Waals surface area contributed by atoms with E-state index in [9.17, 15) is 22.0 Å². The molecular weight excluding hydrogens is 366 g/mol. The Morgan fingerprint density at radius 1 is 1.27 bits per heavy atom. The summed E-state index contributed by atoms with van der Waals surface area (Å²) in [6.45, 7) is 0.179. The van der Waals surface area contributed by atoms with Gasteiger partial charge in [0.15, 0.2) is 21.5 Å². The van der Waals surface area contributed by atoms with Crippen LogP contribution in [-0.4, -0.2) is 43.3 Å². The van der Waals surface area contributed by atoms with Crippen molar-refractivity contribution < 1.29 is 26.4 Å². The molecule has 1 aliphatic heterocycles. The lowest BCUT2D eigenvalue weighted by Gasteiger charge is -2.26. The van der Waals surface area contributed by atoms with Crippen LogP contribution in [0.2, 0.25) is 0 Å². The summed E-state index contributed by atoms with van der Waals surface area (Å²) in [5.41, 5.74) is 0.130. The van der Waals surface area contributed by atoms with Gasteiger partial charge in [0.2, 0.25) is 5.91 Å². The van der Waals surface area contributed by atoms with Crippen molar-refractivity contribution in [2.75, 3.05) is 23.4 Å². The second kappa shape index (κ2) is 7.55. The van der Waals surface area contributed by atoms with E-state index in [4.69, 9.17) is 4.42 Å². The second-order valence-electron chi connectivity index (χ2n) is 6.22. The highest BCUT2D eigenvalue weighted by Gasteiger charge is 2.33. The first-order valence-corrected chi connectivity index (χ1v) is 9.86. The molecule has 6 nitrogen and oxygen atoms in total. The Kier molecular flexibility index (Phi) is 5.38. The van der Waals surface area contributed by atoms with E-state index >= 15 is 0 Å². The molecule has 0 aliphatic carbocycles. The summed E-state index contributed by atoms with van der Waals surface area (Å²) in [6, 6.07) is 6.22. The van der Waals surface area contributed by atoms with Gasteiger partial charge in [-0.15, -0.1) is 0 Å². The fourth-order valence-electron chi connectivity index (χ4n) is 2.94. The molecule has 1 aromatic carbocycles. The van der Waals surface area contributed by atoms with Crippen molar-refractivity contribution in [2.24, 2.45) is 0 Å². The molecule has 1 fully saturated rings. The molecule has 1 aromatic heterocycles. The summed E-state index contributed by atoms with van der Waals surface area (Å²) < 4.78 is 55.1. The molecule has 0 radical (unpaired) electrons. The molecule has 140 valence electrons. The predicted octanol–water partition coefficient (Wildman–Crippen LogP) is 2.19.